The Morgan fingerprint density at radius 2 is 2.08 bits per heavy atom. The molecule has 0 bridgehead atoms. The Hall–Kier alpha value is -2.86. The van der Waals surface area contributed by atoms with Gasteiger partial charge in [0.05, 0.1) is 7.11 Å². The fourth-order valence-electron chi connectivity index (χ4n) is 2.97. The topological polar surface area (TPSA) is 69.4 Å². The van der Waals surface area contributed by atoms with E-state index in [1.54, 1.807) is 7.11 Å². The molecule has 1 atom stereocenters. The highest BCUT2D eigenvalue weighted by Crippen LogP contribution is 2.32. The first-order valence-electron chi connectivity index (χ1n) is 8.20. The summed E-state index contributed by atoms with van der Waals surface area (Å²) in [5.74, 6) is 2.70. The smallest absolute Gasteiger partial charge is 0.248 e. The van der Waals surface area contributed by atoms with Gasteiger partial charge in [-0.15, -0.1) is 0 Å². The summed E-state index contributed by atoms with van der Waals surface area (Å²) in [6.45, 7) is 3.30. The van der Waals surface area contributed by atoms with Gasteiger partial charge in [-0.3, -0.25) is 5.32 Å². The molecule has 2 aromatic carbocycles. The van der Waals surface area contributed by atoms with Gasteiger partial charge in [0.15, 0.2) is 0 Å². The van der Waals surface area contributed by atoms with Crippen molar-refractivity contribution in [1.29, 1.82) is 0 Å². The van der Waals surface area contributed by atoms with Crippen LogP contribution in [0.1, 0.15) is 23.1 Å². The van der Waals surface area contributed by atoms with Gasteiger partial charge in [0.25, 0.3) is 0 Å². The van der Waals surface area contributed by atoms with E-state index < -0.39 is 0 Å². The lowest BCUT2D eigenvalue weighted by atomic mass is 10.1. The summed E-state index contributed by atoms with van der Waals surface area (Å²) in [5, 5.41) is 7.55. The molecule has 128 valence electrons. The zero-order chi connectivity index (χ0) is 17.2. The van der Waals surface area contributed by atoms with Crippen molar-refractivity contribution in [2.45, 2.75) is 13.0 Å². The lowest BCUT2D eigenvalue weighted by molar-refractivity contribution is 0.320. The van der Waals surface area contributed by atoms with Crippen LogP contribution in [-0.2, 0) is 0 Å². The molecule has 0 saturated carbocycles. The molecule has 0 fully saturated rings. The number of methoxy groups -OCH3 is 1. The number of rotatable bonds is 3. The van der Waals surface area contributed by atoms with Crippen LogP contribution >= 0.6 is 0 Å². The average molecular weight is 337 g/mol. The Labute approximate surface area is 145 Å². The molecule has 1 aromatic heterocycles. The molecule has 0 amide bonds. The molecule has 1 aliphatic rings. The first-order chi connectivity index (χ1) is 12.3. The first kappa shape index (κ1) is 15.7. The van der Waals surface area contributed by atoms with E-state index in [1.165, 1.54) is 0 Å². The van der Waals surface area contributed by atoms with Gasteiger partial charge in [-0.2, -0.15) is 4.98 Å². The molecular weight excluding hydrogens is 318 g/mol. The lowest BCUT2D eigenvalue weighted by Crippen LogP contribution is -2.24. The number of benzene rings is 2. The Balaban J connectivity index is 1.70. The third-order valence-electron chi connectivity index (χ3n) is 4.29. The highest BCUT2D eigenvalue weighted by Gasteiger charge is 2.26. The van der Waals surface area contributed by atoms with Gasteiger partial charge < -0.3 is 14.0 Å². The number of aryl methyl sites for hydroxylation is 1. The van der Waals surface area contributed by atoms with Crippen LogP contribution in [0.5, 0.6) is 11.5 Å². The second-order valence-corrected chi connectivity index (χ2v) is 5.91. The molecule has 0 spiro atoms. The number of nitrogens with zero attached hydrogens (tertiary/aromatic N) is 2. The van der Waals surface area contributed by atoms with E-state index in [0.717, 1.165) is 28.2 Å². The largest absolute Gasteiger partial charge is 0.496 e. The van der Waals surface area contributed by atoms with Crippen LogP contribution < -0.4 is 14.8 Å². The third-order valence-corrected chi connectivity index (χ3v) is 4.29. The summed E-state index contributed by atoms with van der Waals surface area (Å²) in [6, 6.07) is 13.6. The van der Waals surface area contributed by atoms with Gasteiger partial charge >= 0.3 is 0 Å². The number of ether oxygens (including phenoxy) is 2. The van der Waals surface area contributed by atoms with E-state index in [-0.39, 0.29) is 6.04 Å². The Kier molecular flexibility index (Phi) is 4.11. The van der Waals surface area contributed by atoms with Crippen LogP contribution in [0.3, 0.4) is 0 Å². The SMILES string of the molecule is COc1cc(-c2noc(C3NCCOc4ccccc43)n2)ccc1C. The molecule has 25 heavy (non-hydrogen) atoms. The Morgan fingerprint density at radius 3 is 2.96 bits per heavy atom. The molecule has 6 nitrogen and oxygen atoms in total. The minimum absolute atomic E-state index is 0.188. The van der Waals surface area contributed by atoms with Crippen LogP contribution in [0.2, 0.25) is 0 Å². The summed E-state index contributed by atoms with van der Waals surface area (Å²) in [5.41, 5.74) is 2.92. The van der Waals surface area contributed by atoms with Crippen molar-refractivity contribution in [3.63, 3.8) is 0 Å². The van der Waals surface area contributed by atoms with Crippen molar-refractivity contribution in [2.75, 3.05) is 20.3 Å². The molecule has 0 saturated heterocycles. The van der Waals surface area contributed by atoms with Crippen LogP contribution in [-0.4, -0.2) is 30.4 Å². The molecule has 4 rings (SSSR count). The Bertz CT molecular complexity index is 891. The molecular formula is C19H19N3O3. The third kappa shape index (κ3) is 2.96. The zero-order valence-corrected chi connectivity index (χ0v) is 14.2. The molecule has 0 radical (unpaired) electrons. The number of nitrogens with one attached hydrogen (secondary N) is 1. The summed E-state index contributed by atoms with van der Waals surface area (Å²) in [6.07, 6.45) is 0. The highest BCUT2D eigenvalue weighted by atomic mass is 16.5. The molecule has 1 aliphatic heterocycles. The number of para-hydroxylation sites is 1. The average Bonchev–Trinajstić information content (AvgIpc) is 3.03. The summed E-state index contributed by atoms with van der Waals surface area (Å²) in [7, 11) is 1.65. The predicted octanol–water partition coefficient (Wildman–Crippen LogP) is 3.13. The van der Waals surface area contributed by atoms with Crippen molar-refractivity contribution in [2.24, 2.45) is 0 Å². The summed E-state index contributed by atoms with van der Waals surface area (Å²) in [4.78, 5) is 4.60. The van der Waals surface area contributed by atoms with E-state index in [2.05, 4.69) is 15.5 Å². The maximum atomic E-state index is 5.77. The van der Waals surface area contributed by atoms with Crippen LogP contribution in [0, 0.1) is 6.92 Å². The van der Waals surface area contributed by atoms with Crippen molar-refractivity contribution in [1.82, 2.24) is 15.5 Å². The molecule has 1 unspecified atom stereocenters. The van der Waals surface area contributed by atoms with Crippen molar-refractivity contribution in [3.8, 4) is 22.9 Å². The Morgan fingerprint density at radius 1 is 1.20 bits per heavy atom. The molecule has 0 aliphatic carbocycles. The first-order valence-corrected chi connectivity index (χ1v) is 8.20. The van der Waals surface area contributed by atoms with Crippen molar-refractivity contribution < 1.29 is 14.0 Å². The predicted molar refractivity (Wildman–Crippen MR) is 92.8 cm³/mol. The van der Waals surface area contributed by atoms with Gasteiger partial charge in [-0.05, 0) is 24.6 Å². The normalized spacial score (nSPS) is 16.6. The monoisotopic (exact) mass is 337 g/mol. The van der Waals surface area contributed by atoms with E-state index in [4.69, 9.17) is 14.0 Å². The molecule has 1 N–H and O–H groups in total. The maximum absolute atomic E-state index is 5.77. The summed E-state index contributed by atoms with van der Waals surface area (Å²) < 4.78 is 16.7. The van der Waals surface area contributed by atoms with E-state index in [9.17, 15) is 0 Å². The standard InChI is InChI=1S/C19H19N3O3/c1-12-7-8-13(11-16(12)23-2)18-21-19(25-22-18)17-14-5-3-4-6-15(14)24-10-9-20-17/h3-8,11,17,20H,9-10H2,1-2H3. The maximum Gasteiger partial charge on any atom is 0.248 e. The fraction of sp³-hybridized carbons (Fsp3) is 0.263. The fourth-order valence-corrected chi connectivity index (χ4v) is 2.97. The number of aromatic nitrogens is 2. The number of fused-ring (bicyclic) bond motifs is 1. The second-order valence-electron chi connectivity index (χ2n) is 5.91. The van der Waals surface area contributed by atoms with E-state index in [0.29, 0.717) is 24.9 Å². The lowest BCUT2D eigenvalue weighted by Gasteiger charge is -2.12. The van der Waals surface area contributed by atoms with Gasteiger partial charge in [0, 0.05) is 17.7 Å². The minimum atomic E-state index is -0.188. The van der Waals surface area contributed by atoms with Crippen LogP contribution in [0.15, 0.2) is 47.0 Å². The van der Waals surface area contributed by atoms with E-state index in [1.807, 2.05) is 49.4 Å². The van der Waals surface area contributed by atoms with Gasteiger partial charge in [-0.1, -0.05) is 35.5 Å². The van der Waals surface area contributed by atoms with Crippen LogP contribution in [0.4, 0.5) is 0 Å². The summed E-state index contributed by atoms with van der Waals surface area (Å²) >= 11 is 0. The minimum Gasteiger partial charge on any atom is -0.496 e. The van der Waals surface area contributed by atoms with Crippen molar-refractivity contribution in [3.05, 3.63) is 59.5 Å². The quantitative estimate of drug-likeness (QED) is 0.792. The van der Waals surface area contributed by atoms with E-state index >= 15 is 0 Å². The van der Waals surface area contributed by atoms with Crippen molar-refractivity contribution >= 4 is 0 Å². The highest BCUT2D eigenvalue weighted by molar-refractivity contribution is 5.59. The van der Waals surface area contributed by atoms with Crippen LogP contribution in [0.25, 0.3) is 11.4 Å². The zero-order valence-electron chi connectivity index (χ0n) is 14.2. The number of hydrogen-bond acceptors (Lipinski definition) is 6. The molecule has 6 heteroatoms. The van der Waals surface area contributed by atoms with Gasteiger partial charge in [0.2, 0.25) is 11.7 Å². The van der Waals surface area contributed by atoms with Gasteiger partial charge in [-0.25, -0.2) is 0 Å². The number of hydrogen-bond donors (Lipinski definition) is 1. The molecule has 2 heterocycles. The van der Waals surface area contributed by atoms with Gasteiger partial charge in [0.1, 0.15) is 24.1 Å². The molecule has 3 aromatic rings. The second kappa shape index (κ2) is 6.57.